The standard InChI is InChI=1S/C14H21BrN8O2/c15-12-11-22(9-5-1-3-7-18-20-16)14(25)23(13(12)24)10-6-2-4-8-19-21-17/h11H,1-10H2. The van der Waals surface area contributed by atoms with Crippen LogP contribution in [0.3, 0.4) is 0 Å². The molecule has 1 rings (SSSR count). The van der Waals surface area contributed by atoms with Crippen LogP contribution in [0.4, 0.5) is 0 Å². The van der Waals surface area contributed by atoms with Crippen LogP contribution in [0.1, 0.15) is 38.5 Å². The first-order valence-electron chi connectivity index (χ1n) is 8.13. The lowest BCUT2D eigenvalue weighted by Crippen LogP contribution is -2.40. The predicted octanol–water partition coefficient (Wildman–Crippen LogP) is 3.73. The van der Waals surface area contributed by atoms with Crippen LogP contribution >= 0.6 is 15.9 Å². The summed E-state index contributed by atoms with van der Waals surface area (Å²) >= 11 is 3.21. The van der Waals surface area contributed by atoms with E-state index in [1.54, 1.807) is 0 Å². The topological polar surface area (TPSA) is 142 Å². The smallest absolute Gasteiger partial charge is 0.299 e. The molecule has 25 heavy (non-hydrogen) atoms. The molecule has 0 saturated heterocycles. The van der Waals surface area contributed by atoms with E-state index in [0.717, 1.165) is 32.1 Å². The largest absolute Gasteiger partial charge is 0.331 e. The molecule has 0 spiro atoms. The minimum absolute atomic E-state index is 0.321. The molecule has 136 valence electrons. The molecule has 1 aromatic heterocycles. The zero-order chi connectivity index (χ0) is 18.5. The van der Waals surface area contributed by atoms with Crippen LogP contribution in [0, 0.1) is 0 Å². The average molecular weight is 413 g/mol. The summed E-state index contributed by atoms with van der Waals surface area (Å²) < 4.78 is 3.12. The van der Waals surface area contributed by atoms with Crippen molar-refractivity contribution in [3.05, 3.63) is 52.4 Å². The summed E-state index contributed by atoms with van der Waals surface area (Å²) in [6.45, 7) is 1.71. The molecule has 0 aliphatic carbocycles. The Morgan fingerprint density at radius 2 is 1.48 bits per heavy atom. The van der Waals surface area contributed by atoms with Crippen LogP contribution < -0.4 is 11.2 Å². The Labute approximate surface area is 152 Å². The van der Waals surface area contributed by atoms with Crippen molar-refractivity contribution in [3.8, 4) is 0 Å². The van der Waals surface area contributed by atoms with E-state index in [1.807, 2.05) is 0 Å². The third-order valence-corrected chi connectivity index (χ3v) is 4.16. The summed E-state index contributed by atoms with van der Waals surface area (Å²) in [6, 6.07) is 0. The fourth-order valence-electron chi connectivity index (χ4n) is 2.34. The Kier molecular flexibility index (Phi) is 10.2. The van der Waals surface area contributed by atoms with Crippen molar-refractivity contribution in [2.45, 2.75) is 51.6 Å². The quantitative estimate of drug-likeness (QED) is 0.223. The van der Waals surface area contributed by atoms with Crippen molar-refractivity contribution in [3.63, 3.8) is 0 Å². The van der Waals surface area contributed by atoms with Gasteiger partial charge in [-0.05, 0) is 52.7 Å². The maximum absolute atomic E-state index is 12.4. The Morgan fingerprint density at radius 1 is 0.920 bits per heavy atom. The van der Waals surface area contributed by atoms with E-state index < -0.39 is 0 Å². The maximum atomic E-state index is 12.4. The molecule has 1 aromatic rings. The van der Waals surface area contributed by atoms with Crippen LogP contribution in [-0.4, -0.2) is 22.2 Å². The lowest BCUT2D eigenvalue weighted by Gasteiger charge is -2.11. The molecule has 0 atom stereocenters. The monoisotopic (exact) mass is 412 g/mol. The van der Waals surface area contributed by atoms with Gasteiger partial charge in [0.2, 0.25) is 0 Å². The Hall–Kier alpha value is -2.22. The fraction of sp³-hybridized carbons (Fsp3) is 0.714. The number of rotatable bonds is 12. The molecular weight excluding hydrogens is 392 g/mol. The summed E-state index contributed by atoms with van der Waals surface area (Å²) in [5.74, 6) is 0. The third kappa shape index (κ3) is 7.47. The van der Waals surface area contributed by atoms with Gasteiger partial charge in [0.25, 0.3) is 5.56 Å². The van der Waals surface area contributed by atoms with Crippen LogP contribution in [0.5, 0.6) is 0 Å². The van der Waals surface area contributed by atoms with Gasteiger partial charge < -0.3 is 0 Å². The first-order chi connectivity index (χ1) is 12.1. The summed E-state index contributed by atoms with van der Waals surface area (Å²) in [5.41, 5.74) is 15.8. The van der Waals surface area contributed by atoms with E-state index in [4.69, 9.17) is 11.1 Å². The second kappa shape index (κ2) is 12.2. The van der Waals surface area contributed by atoms with Gasteiger partial charge in [-0.2, -0.15) is 0 Å². The lowest BCUT2D eigenvalue weighted by molar-refractivity contribution is 0.498. The van der Waals surface area contributed by atoms with Crippen molar-refractivity contribution >= 4 is 15.9 Å². The minimum Gasteiger partial charge on any atom is -0.299 e. The van der Waals surface area contributed by atoms with Gasteiger partial charge in [-0.1, -0.05) is 23.1 Å². The molecule has 0 N–H and O–H groups in total. The molecule has 0 amide bonds. The van der Waals surface area contributed by atoms with Gasteiger partial charge in [-0.15, -0.1) is 0 Å². The summed E-state index contributed by atoms with van der Waals surface area (Å²) in [4.78, 5) is 30.0. The van der Waals surface area contributed by atoms with Crippen molar-refractivity contribution in [2.75, 3.05) is 13.1 Å². The van der Waals surface area contributed by atoms with Crippen molar-refractivity contribution in [1.82, 2.24) is 9.13 Å². The number of aromatic nitrogens is 2. The van der Waals surface area contributed by atoms with Gasteiger partial charge in [0.05, 0.1) is 4.47 Å². The van der Waals surface area contributed by atoms with E-state index in [0.29, 0.717) is 37.1 Å². The summed E-state index contributed by atoms with van der Waals surface area (Å²) in [5, 5.41) is 6.92. The van der Waals surface area contributed by atoms with Crippen LogP contribution in [0.15, 0.2) is 30.5 Å². The average Bonchev–Trinajstić information content (AvgIpc) is 2.60. The van der Waals surface area contributed by atoms with Crippen molar-refractivity contribution in [2.24, 2.45) is 10.2 Å². The highest BCUT2D eigenvalue weighted by atomic mass is 79.9. The second-order valence-corrected chi connectivity index (χ2v) is 6.29. The second-order valence-electron chi connectivity index (χ2n) is 5.44. The number of hydrogen-bond donors (Lipinski definition) is 0. The van der Waals surface area contributed by atoms with E-state index in [1.165, 1.54) is 15.3 Å². The van der Waals surface area contributed by atoms with Crippen molar-refractivity contribution < 1.29 is 0 Å². The van der Waals surface area contributed by atoms with E-state index in [-0.39, 0.29) is 11.2 Å². The van der Waals surface area contributed by atoms with Crippen molar-refractivity contribution in [1.29, 1.82) is 0 Å². The first-order valence-corrected chi connectivity index (χ1v) is 8.92. The Bertz CT molecular complexity index is 759. The summed E-state index contributed by atoms with van der Waals surface area (Å²) in [6.07, 6.45) is 6.06. The molecule has 0 aliphatic rings. The summed E-state index contributed by atoms with van der Waals surface area (Å²) in [7, 11) is 0. The minimum atomic E-state index is -0.334. The van der Waals surface area contributed by atoms with Gasteiger partial charge in [0, 0.05) is 42.2 Å². The molecule has 10 nitrogen and oxygen atoms in total. The van der Waals surface area contributed by atoms with E-state index in [2.05, 4.69) is 36.0 Å². The van der Waals surface area contributed by atoms with E-state index >= 15 is 0 Å². The van der Waals surface area contributed by atoms with Gasteiger partial charge in [-0.25, -0.2) is 4.79 Å². The number of halogens is 1. The normalized spacial score (nSPS) is 10.1. The molecule has 0 bridgehead atoms. The molecule has 0 fully saturated rings. The molecule has 0 saturated carbocycles. The highest BCUT2D eigenvalue weighted by Crippen LogP contribution is 2.04. The van der Waals surface area contributed by atoms with E-state index in [9.17, 15) is 9.59 Å². The number of hydrogen-bond acceptors (Lipinski definition) is 4. The molecule has 0 aliphatic heterocycles. The molecular formula is C14H21BrN8O2. The zero-order valence-corrected chi connectivity index (χ0v) is 15.5. The van der Waals surface area contributed by atoms with Crippen LogP contribution in [0.2, 0.25) is 0 Å². The SMILES string of the molecule is [N-]=[N+]=NCCCCCn1cc(Br)c(=O)n(CCCCCN=[N+]=[N-])c1=O. The molecule has 11 heteroatoms. The Morgan fingerprint density at radius 3 is 2.04 bits per heavy atom. The number of aryl methyl sites for hydroxylation is 1. The molecule has 0 unspecified atom stereocenters. The highest BCUT2D eigenvalue weighted by Gasteiger charge is 2.09. The fourth-order valence-corrected chi connectivity index (χ4v) is 2.80. The predicted molar refractivity (Wildman–Crippen MR) is 98.4 cm³/mol. The lowest BCUT2D eigenvalue weighted by atomic mass is 10.2. The van der Waals surface area contributed by atoms with Gasteiger partial charge >= 0.3 is 5.69 Å². The molecule has 0 aromatic carbocycles. The first kappa shape index (κ1) is 20.8. The number of unbranched alkanes of at least 4 members (excludes halogenated alkanes) is 4. The Balaban J connectivity index is 2.64. The van der Waals surface area contributed by atoms with Crippen LogP contribution in [0.25, 0.3) is 20.9 Å². The number of nitrogens with zero attached hydrogens (tertiary/aromatic N) is 8. The van der Waals surface area contributed by atoms with Crippen LogP contribution in [-0.2, 0) is 13.1 Å². The van der Waals surface area contributed by atoms with Gasteiger partial charge in [-0.3, -0.25) is 13.9 Å². The number of azide groups is 2. The highest BCUT2D eigenvalue weighted by molar-refractivity contribution is 9.10. The zero-order valence-electron chi connectivity index (χ0n) is 13.9. The maximum Gasteiger partial charge on any atom is 0.331 e. The molecule has 0 radical (unpaired) electrons. The third-order valence-electron chi connectivity index (χ3n) is 3.62. The van der Waals surface area contributed by atoms with Gasteiger partial charge in [0.15, 0.2) is 0 Å². The van der Waals surface area contributed by atoms with Gasteiger partial charge in [0.1, 0.15) is 0 Å². The molecule has 1 heterocycles.